The standard InChI is InChI=1S/C53H86O/c1-43(2)23-13-24-44(3)25-14-26-45(4)27-15-28-46(5)29-16-30-47(6)31-17-32-48(7)33-18-34-49(8)35-19-36-50(9)37-20-38-51(10)39-21-40-52(11)41-22-42-53(12)54/h23,25,27,29,31,33,35,37,39,41H,13-22,24,26,28,30,32,34,36,38,40,42H2,1-12H3. The molecule has 0 radical (unpaired) electrons. The maximum Gasteiger partial charge on any atom is 0.130 e. The molecule has 0 atom stereocenters. The van der Waals surface area contributed by atoms with Crippen LogP contribution in [-0.2, 0) is 4.79 Å². The van der Waals surface area contributed by atoms with Crippen molar-refractivity contribution in [1.82, 2.24) is 0 Å². The summed E-state index contributed by atoms with van der Waals surface area (Å²) in [4.78, 5) is 11.1. The van der Waals surface area contributed by atoms with E-state index in [0.717, 1.165) is 70.6 Å². The van der Waals surface area contributed by atoms with Gasteiger partial charge in [-0.2, -0.15) is 0 Å². The van der Waals surface area contributed by atoms with Crippen LogP contribution in [0.1, 0.15) is 212 Å². The molecule has 0 rings (SSSR count). The summed E-state index contributed by atoms with van der Waals surface area (Å²) in [6.45, 7) is 26.5. The first-order valence-electron chi connectivity index (χ1n) is 21.7. The number of ketones is 1. The van der Waals surface area contributed by atoms with E-state index in [1.54, 1.807) is 6.92 Å². The normalized spacial score (nSPS) is 14.6. The van der Waals surface area contributed by atoms with E-state index in [-0.39, 0.29) is 5.78 Å². The van der Waals surface area contributed by atoms with Gasteiger partial charge in [0.2, 0.25) is 0 Å². The number of rotatable bonds is 30. The smallest absolute Gasteiger partial charge is 0.130 e. The van der Waals surface area contributed by atoms with Crippen molar-refractivity contribution in [3.05, 3.63) is 116 Å². The summed E-state index contributed by atoms with van der Waals surface area (Å²) in [6, 6.07) is 0. The first-order chi connectivity index (χ1) is 25.7. The van der Waals surface area contributed by atoms with Gasteiger partial charge in [-0.1, -0.05) is 116 Å². The molecule has 0 aliphatic rings. The Morgan fingerprint density at radius 3 is 0.537 bits per heavy atom. The average Bonchev–Trinajstić information content (AvgIpc) is 3.08. The second kappa shape index (κ2) is 33.4. The number of allylic oxidation sites excluding steroid dienone is 20. The quantitative estimate of drug-likeness (QED) is 0.0671. The van der Waals surface area contributed by atoms with E-state index in [2.05, 4.69) is 137 Å². The Morgan fingerprint density at radius 2 is 0.389 bits per heavy atom. The molecule has 0 aliphatic heterocycles. The van der Waals surface area contributed by atoms with Gasteiger partial charge in [0.25, 0.3) is 0 Å². The largest absolute Gasteiger partial charge is 0.300 e. The van der Waals surface area contributed by atoms with Gasteiger partial charge in [0.15, 0.2) is 0 Å². The summed E-state index contributed by atoms with van der Waals surface area (Å²) >= 11 is 0. The van der Waals surface area contributed by atoms with Gasteiger partial charge in [-0.05, 0) is 205 Å². The molecule has 0 unspecified atom stereocenters. The predicted octanol–water partition coefficient (Wildman–Crippen LogP) is 17.9. The van der Waals surface area contributed by atoms with Crippen molar-refractivity contribution in [3.63, 3.8) is 0 Å². The summed E-state index contributed by atoms with van der Waals surface area (Å²) in [6.07, 6.45) is 46.5. The monoisotopic (exact) mass is 739 g/mol. The highest BCUT2D eigenvalue weighted by molar-refractivity contribution is 5.75. The minimum atomic E-state index is 0.276. The topological polar surface area (TPSA) is 17.1 Å². The Bertz CT molecular complexity index is 1370. The van der Waals surface area contributed by atoms with Crippen LogP contribution < -0.4 is 0 Å². The van der Waals surface area contributed by atoms with E-state index in [4.69, 9.17) is 0 Å². The van der Waals surface area contributed by atoms with Gasteiger partial charge in [0, 0.05) is 6.42 Å². The number of carbonyl (C=O) groups excluding carboxylic acids is 1. The molecule has 0 fully saturated rings. The third-order valence-electron chi connectivity index (χ3n) is 10.3. The number of carbonyl (C=O) groups is 1. The first kappa shape index (κ1) is 51.1. The molecule has 1 heteroatoms. The van der Waals surface area contributed by atoms with E-state index >= 15 is 0 Å². The second-order valence-electron chi connectivity index (χ2n) is 16.8. The van der Waals surface area contributed by atoms with Crippen molar-refractivity contribution < 1.29 is 4.79 Å². The van der Waals surface area contributed by atoms with Crippen molar-refractivity contribution in [2.75, 3.05) is 0 Å². The molecular weight excluding hydrogens is 653 g/mol. The SMILES string of the molecule is CC(=O)CCC=C(C)CCC=C(C)CCC=C(C)CCC=C(C)CCC=C(C)CCC=C(C)CCC=C(C)CCC=C(C)CCC=C(C)CCC=C(C)C. The molecule has 0 heterocycles. The van der Waals surface area contributed by atoms with Gasteiger partial charge in [-0.25, -0.2) is 0 Å². The Kier molecular flexibility index (Phi) is 31.6. The van der Waals surface area contributed by atoms with Crippen LogP contribution in [0.2, 0.25) is 0 Å². The lowest BCUT2D eigenvalue weighted by atomic mass is 10.0. The van der Waals surface area contributed by atoms with Crippen LogP contribution in [0.25, 0.3) is 0 Å². The molecule has 0 N–H and O–H groups in total. The Morgan fingerprint density at radius 1 is 0.241 bits per heavy atom. The van der Waals surface area contributed by atoms with Crippen LogP contribution in [-0.4, -0.2) is 5.78 Å². The van der Waals surface area contributed by atoms with Crippen LogP contribution >= 0.6 is 0 Å². The minimum Gasteiger partial charge on any atom is -0.300 e. The predicted molar refractivity (Wildman–Crippen MR) is 246 cm³/mol. The molecule has 1 nitrogen and oxygen atoms in total. The number of hydrogen-bond donors (Lipinski definition) is 0. The fourth-order valence-corrected chi connectivity index (χ4v) is 6.40. The lowest BCUT2D eigenvalue weighted by Gasteiger charge is -2.04. The maximum atomic E-state index is 11.1. The molecule has 304 valence electrons. The minimum absolute atomic E-state index is 0.276. The molecule has 54 heavy (non-hydrogen) atoms. The van der Waals surface area contributed by atoms with E-state index in [9.17, 15) is 4.79 Å². The first-order valence-corrected chi connectivity index (χ1v) is 21.7. The van der Waals surface area contributed by atoms with Crippen LogP contribution in [0.5, 0.6) is 0 Å². The lowest BCUT2D eigenvalue weighted by Crippen LogP contribution is -1.87. The number of Topliss-reactive ketones (excluding diaryl/α,β-unsaturated/α-hetero) is 1. The summed E-state index contributed by atoms with van der Waals surface area (Å²) in [5.74, 6) is 0.276. The molecule has 0 aromatic carbocycles. The van der Waals surface area contributed by atoms with E-state index < -0.39 is 0 Å². The summed E-state index contributed by atoms with van der Waals surface area (Å²) in [5, 5.41) is 0. The average molecular weight is 739 g/mol. The van der Waals surface area contributed by atoms with Crippen LogP contribution in [0.4, 0.5) is 0 Å². The van der Waals surface area contributed by atoms with E-state index in [0.29, 0.717) is 6.42 Å². The van der Waals surface area contributed by atoms with Crippen LogP contribution in [0.15, 0.2) is 116 Å². The highest BCUT2D eigenvalue weighted by Crippen LogP contribution is 2.18. The highest BCUT2D eigenvalue weighted by atomic mass is 16.1. The number of hydrogen-bond acceptors (Lipinski definition) is 1. The lowest BCUT2D eigenvalue weighted by molar-refractivity contribution is -0.116. The molecule has 0 aromatic heterocycles. The van der Waals surface area contributed by atoms with Crippen LogP contribution in [0.3, 0.4) is 0 Å². The van der Waals surface area contributed by atoms with Gasteiger partial charge < -0.3 is 4.79 Å². The summed E-state index contributed by atoms with van der Waals surface area (Å²) in [7, 11) is 0. The van der Waals surface area contributed by atoms with Crippen molar-refractivity contribution in [2.24, 2.45) is 0 Å². The fourth-order valence-electron chi connectivity index (χ4n) is 6.40. The van der Waals surface area contributed by atoms with E-state index in [1.165, 1.54) is 107 Å². The zero-order valence-electron chi connectivity index (χ0n) is 37.8. The van der Waals surface area contributed by atoms with Gasteiger partial charge in [0.1, 0.15) is 5.78 Å². The van der Waals surface area contributed by atoms with Gasteiger partial charge >= 0.3 is 0 Å². The van der Waals surface area contributed by atoms with Gasteiger partial charge in [0.05, 0.1) is 0 Å². The third kappa shape index (κ3) is 34.8. The fraction of sp³-hybridized carbons (Fsp3) is 0.604. The molecular formula is C53H86O. The van der Waals surface area contributed by atoms with Gasteiger partial charge in [-0.15, -0.1) is 0 Å². The molecule has 0 amide bonds. The summed E-state index contributed by atoms with van der Waals surface area (Å²) < 4.78 is 0. The third-order valence-corrected chi connectivity index (χ3v) is 10.3. The van der Waals surface area contributed by atoms with Crippen molar-refractivity contribution in [2.45, 2.75) is 212 Å². The Balaban J connectivity index is 4.25. The molecule has 0 aromatic rings. The molecule has 0 bridgehead atoms. The molecule has 0 spiro atoms. The zero-order valence-corrected chi connectivity index (χ0v) is 37.8. The van der Waals surface area contributed by atoms with Crippen molar-refractivity contribution in [3.8, 4) is 0 Å². The van der Waals surface area contributed by atoms with Crippen molar-refractivity contribution in [1.29, 1.82) is 0 Å². The van der Waals surface area contributed by atoms with Crippen LogP contribution in [0, 0.1) is 0 Å². The molecule has 0 saturated heterocycles. The van der Waals surface area contributed by atoms with Crippen molar-refractivity contribution >= 4 is 5.78 Å². The molecule has 0 aliphatic carbocycles. The van der Waals surface area contributed by atoms with Gasteiger partial charge in [-0.3, -0.25) is 0 Å². The zero-order chi connectivity index (χ0) is 40.6. The molecule has 0 saturated carbocycles. The second-order valence-corrected chi connectivity index (χ2v) is 16.8. The van der Waals surface area contributed by atoms with E-state index in [1.807, 2.05) is 0 Å². The Labute approximate surface area is 337 Å². The summed E-state index contributed by atoms with van der Waals surface area (Å²) in [5.41, 5.74) is 15.0. The highest BCUT2D eigenvalue weighted by Gasteiger charge is 1.98. The Hall–Kier alpha value is -2.93. The maximum absolute atomic E-state index is 11.1.